The number of carbonyl (C=O) groups excluding carboxylic acids is 1. The van der Waals surface area contributed by atoms with E-state index in [0.29, 0.717) is 24.9 Å². The second kappa shape index (κ2) is 9.37. The highest BCUT2D eigenvalue weighted by Crippen LogP contribution is 2.46. The van der Waals surface area contributed by atoms with Gasteiger partial charge in [0.15, 0.2) is 0 Å². The molecule has 6 nitrogen and oxygen atoms in total. The lowest BCUT2D eigenvalue weighted by atomic mass is 9.60. The van der Waals surface area contributed by atoms with Crippen LogP contribution < -0.4 is 11.1 Å². The SMILES string of the molecule is Cc1ccccc1CC1(C(N)=O)CCNCC1C(Cc1ccc(C#N)cc1)c1cnc[nH]1. The molecule has 1 fully saturated rings. The summed E-state index contributed by atoms with van der Waals surface area (Å²) in [4.78, 5) is 20.7. The third-order valence-corrected chi connectivity index (χ3v) is 7.02. The fourth-order valence-corrected chi connectivity index (χ4v) is 5.15. The number of H-pyrrole nitrogens is 1. The second-order valence-corrected chi connectivity index (χ2v) is 8.81. The van der Waals surface area contributed by atoms with Crippen molar-refractivity contribution in [2.45, 2.75) is 32.1 Å². The average Bonchev–Trinajstić information content (AvgIpc) is 3.34. The molecule has 1 amide bonds. The van der Waals surface area contributed by atoms with E-state index in [4.69, 9.17) is 11.0 Å². The van der Waals surface area contributed by atoms with E-state index in [9.17, 15) is 4.79 Å². The Morgan fingerprint density at radius 2 is 2.06 bits per heavy atom. The minimum absolute atomic E-state index is 0.00977. The molecule has 4 rings (SSSR count). The smallest absolute Gasteiger partial charge is 0.224 e. The van der Waals surface area contributed by atoms with Gasteiger partial charge in [0.25, 0.3) is 0 Å². The number of primary amides is 1. The molecule has 3 atom stereocenters. The van der Waals surface area contributed by atoms with Crippen LogP contribution in [0, 0.1) is 29.6 Å². The van der Waals surface area contributed by atoms with Crippen molar-refractivity contribution in [2.75, 3.05) is 13.1 Å². The summed E-state index contributed by atoms with van der Waals surface area (Å²) in [5.74, 6) is -0.226. The van der Waals surface area contributed by atoms with Crippen molar-refractivity contribution in [1.82, 2.24) is 15.3 Å². The fraction of sp³-hybridized carbons (Fsp3) is 0.346. The zero-order valence-corrected chi connectivity index (χ0v) is 18.3. The molecule has 1 saturated heterocycles. The van der Waals surface area contributed by atoms with Crippen LogP contribution in [0.3, 0.4) is 0 Å². The van der Waals surface area contributed by atoms with Crippen molar-refractivity contribution >= 4 is 5.91 Å². The molecule has 1 aliphatic rings. The van der Waals surface area contributed by atoms with Gasteiger partial charge in [0, 0.05) is 17.8 Å². The van der Waals surface area contributed by atoms with Crippen LogP contribution in [0.4, 0.5) is 0 Å². The maximum Gasteiger partial charge on any atom is 0.224 e. The molecule has 3 unspecified atom stereocenters. The quantitative estimate of drug-likeness (QED) is 0.538. The molecule has 1 aromatic heterocycles. The van der Waals surface area contributed by atoms with E-state index in [1.807, 2.05) is 42.6 Å². The molecule has 6 heteroatoms. The minimum atomic E-state index is -0.667. The summed E-state index contributed by atoms with van der Waals surface area (Å²) < 4.78 is 0. The summed E-state index contributed by atoms with van der Waals surface area (Å²) in [7, 11) is 0. The standard InChI is InChI=1S/C26H29N5O/c1-18-4-2-3-5-21(18)13-26(25(28)32)10-11-29-15-23(26)22(24-16-30-17-31-24)12-19-6-8-20(14-27)9-7-19/h2-9,16-17,22-23,29H,10-13,15H2,1H3,(H2,28,32)(H,30,31). The van der Waals surface area contributed by atoms with E-state index in [2.05, 4.69) is 40.4 Å². The summed E-state index contributed by atoms with van der Waals surface area (Å²) in [5.41, 5.74) is 10.6. The van der Waals surface area contributed by atoms with E-state index in [-0.39, 0.29) is 17.7 Å². The van der Waals surface area contributed by atoms with Gasteiger partial charge in [-0.1, -0.05) is 36.4 Å². The van der Waals surface area contributed by atoms with Crippen LogP contribution in [0.1, 0.15) is 40.3 Å². The van der Waals surface area contributed by atoms with E-state index >= 15 is 0 Å². The number of imidazole rings is 1. The molecule has 2 heterocycles. The number of aryl methyl sites for hydroxylation is 1. The molecule has 3 aromatic rings. The Kier molecular flexibility index (Phi) is 6.38. The molecule has 0 spiro atoms. The molecule has 164 valence electrons. The number of nitrogens with two attached hydrogens (primary N) is 1. The Labute approximate surface area is 188 Å². The van der Waals surface area contributed by atoms with Gasteiger partial charge in [-0.3, -0.25) is 4.79 Å². The molecule has 2 aromatic carbocycles. The number of carbonyl (C=O) groups is 1. The van der Waals surface area contributed by atoms with Crippen LogP contribution in [0.5, 0.6) is 0 Å². The van der Waals surface area contributed by atoms with Gasteiger partial charge in [-0.15, -0.1) is 0 Å². The number of amides is 1. The van der Waals surface area contributed by atoms with Gasteiger partial charge in [0.05, 0.1) is 23.4 Å². The first kappa shape index (κ1) is 21.8. The topological polar surface area (TPSA) is 108 Å². The Balaban J connectivity index is 1.75. The summed E-state index contributed by atoms with van der Waals surface area (Å²) >= 11 is 0. The second-order valence-electron chi connectivity index (χ2n) is 8.81. The van der Waals surface area contributed by atoms with Crippen LogP contribution in [0.2, 0.25) is 0 Å². The Bertz CT molecular complexity index is 1100. The summed E-state index contributed by atoms with van der Waals surface area (Å²) in [6, 6.07) is 18.1. The highest BCUT2D eigenvalue weighted by Gasteiger charge is 2.49. The summed E-state index contributed by atoms with van der Waals surface area (Å²) in [6.07, 6.45) is 5.58. The number of nitrogens with zero attached hydrogens (tertiary/aromatic N) is 2. The van der Waals surface area contributed by atoms with Gasteiger partial charge in [-0.25, -0.2) is 4.98 Å². The van der Waals surface area contributed by atoms with Gasteiger partial charge in [0.1, 0.15) is 0 Å². The maximum atomic E-state index is 13.1. The molecule has 1 aliphatic heterocycles. The number of benzene rings is 2. The first-order valence-electron chi connectivity index (χ1n) is 11.1. The van der Waals surface area contributed by atoms with Gasteiger partial charge < -0.3 is 16.0 Å². The zero-order valence-electron chi connectivity index (χ0n) is 18.3. The van der Waals surface area contributed by atoms with Crippen LogP contribution in [0.25, 0.3) is 0 Å². The molecule has 0 aliphatic carbocycles. The first-order chi connectivity index (χ1) is 15.5. The molecule has 4 N–H and O–H groups in total. The number of aromatic nitrogens is 2. The van der Waals surface area contributed by atoms with E-state index in [1.54, 1.807) is 6.33 Å². The van der Waals surface area contributed by atoms with E-state index in [1.165, 1.54) is 11.1 Å². The highest BCUT2D eigenvalue weighted by atomic mass is 16.1. The Hall–Kier alpha value is -3.43. The minimum Gasteiger partial charge on any atom is -0.369 e. The van der Waals surface area contributed by atoms with Crippen LogP contribution in [-0.2, 0) is 17.6 Å². The highest BCUT2D eigenvalue weighted by molar-refractivity contribution is 5.82. The third-order valence-electron chi connectivity index (χ3n) is 7.02. The molecule has 0 saturated carbocycles. The zero-order chi connectivity index (χ0) is 22.6. The normalized spacial score (nSPS) is 21.6. The van der Waals surface area contributed by atoms with Crippen molar-refractivity contribution < 1.29 is 4.79 Å². The number of aromatic amines is 1. The lowest BCUT2D eigenvalue weighted by Crippen LogP contribution is -2.55. The largest absolute Gasteiger partial charge is 0.369 e. The lowest BCUT2D eigenvalue weighted by Gasteiger charge is -2.46. The number of nitriles is 1. The fourth-order valence-electron chi connectivity index (χ4n) is 5.15. The van der Waals surface area contributed by atoms with Gasteiger partial charge >= 0.3 is 0 Å². The molecule has 0 bridgehead atoms. The Morgan fingerprint density at radius 1 is 1.28 bits per heavy atom. The number of piperidine rings is 1. The van der Waals surface area contributed by atoms with Crippen molar-refractivity contribution in [2.24, 2.45) is 17.1 Å². The number of nitrogens with one attached hydrogen (secondary N) is 2. The lowest BCUT2D eigenvalue weighted by molar-refractivity contribution is -0.133. The predicted octanol–water partition coefficient (Wildman–Crippen LogP) is 3.24. The molecule has 32 heavy (non-hydrogen) atoms. The predicted molar refractivity (Wildman–Crippen MR) is 124 cm³/mol. The number of hydrogen-bond donors (Lipinski definition) is 3. The summed E-state index contributed by atoms with van der Waals surface area (Å²) in [5, 5.41) is 12.6. The van der Waals surface area contributed by atoms with Crippen molar-refractivity contribution in [3.8, 4) is 6.07 Å². The van der Waals surface area contributed by atoms with Crippen LogP contribution >= 0.6 is 0 Å². The van der Waals surface area contributed by atoms with Gasteiger partial charge in [-0.2, -0.15) is 5.26 Å². The van der Waals surface area contributed by atoms with Crippen LogP contribution in [0.15, 0.2) is 61.1 Å². The van der Waals surface area contributed by atoms with Crippen LogP contribution in [-0.4, -0.2) is 29.0 Å². The average molecular weight is 428 g/mol. The molecular formula is C26H29N5O. The maximum absolute atomic E-state index is 13.1. The van der Waals surface area contributed by atoms with Gasteiger partial charge in [0.2, 0.25) is 5.91 Å². The Morgan fingerprint density at radius 3 is 2.72 bits per heavy atom. The number of hydrogen-bond acceptors (Lipinski definition) is 4. The van der Waals surface area contributed by atoms with Crippen molar-refractivity contribution in [3.05, 3.63) is 89.0 Å². The van der Waals surface area contributed by atoms with E-state index < -0.39 is 5.41 Å². The van der Waals surface area contributed by atoms with Crippen molar-refractivity contribution in [3.63, 3.8) is 0 Å². The molecule has 0 radical (unpaired) electrons. The monoisotopic (exact) mass is 427 g/mol. The molecular weight excluding hydrogens is 398 g/mol. The van der Waals surface area contributed by atoms with E-state index in [0.717, 1.165) is 24.2 Å². The summed E-state index contributed by atoms with van der Waals surface area (Å²) in [6.45, 7) is 3.55. The first-order valence-corrected chi connectivity index (χ1v) is 11.1. The van der Waals surface area contributed by atoms with Crippen molar-refractivity contribution in [1.29, 1.82) is 5.26 Å². The number of rotatable bonds is 7. The van der Waals surface area contributed by atoms with Gasteiger partial charge in [-0.05, 0) is 74.0 Å². The third kappa shape index (κ3) is 4.30.